The van der Waals surface area contributed by atoms with Gasteiger partial charge in [0, 0.05) is 23.7 Å². The van der Waals surface area contributed by atoms with Crippen molar-refractivity contribution >= 4 is 0 Å². The number of aryl methyl sites for hydroxylation is 2. The maximum Gasteiger partial charge on any atom is 0.136 e. The Kier molecular flexibility index (Phi) is 3.30. The van der Waals surface area contributed by atoms with E-state index in [9.17, 15) is 0 Å². The lowest BCUT2D eigenvalue weighted by Crippen LogP contribution is -2.43. The molecule has 2 aromatic rings. The summed E-state index contributed by atoms with van der Waals surface area (Å²) in [6.45, 7) is 4.88. The number of hydrogen-bond acceptors (Lipinski definition) is 3. The Hall–Kier alpha value is -1.74. The first-order valence-corrected chi connectivity index (χ1v) is 7.26. The first-order valence-electron chi connectivity index (χ1n) is 7.26. The molecular formula is C17H21N3. The van der Waals surface area contributed by atoms with Crippen LogP contribution in [0.15, 0.2) is 30.5 Å². The van der Waals surface area contributed by atoms with Crippen LogP contribution in [0, 0.1) is 13.8 Å². The fraction of sp³-hybridized carbons (Fsp3) is 0.412. The van der Waals surface area contributed by atoms with E-state index < -0.39 is 0 Å². The summed E-state index contributed by atoms with van der Waals surface area (Å²) in [6.07, 6.45) is 5.32. The third kappa shape index (κ3) is 2.12. The molecule has 3 heteroatoms. The summed E-state index contributed by atoms with van der Waals surface area (Å²) >= 11 is 0. The van der Waals surface area contributed by atoms with E-state index in [0.29, 0.717) is 6.54 Å². The largest absolute Gasteiger partial charge is 0.329 e. The Balaban J connectivity index is 2.05. The second-order valence-corrected chi connectivity index (χ2v) is 5.92. The zero-order valence-electron chi connectivity index (χ0n) is 12.2. The van der Waals surface area contributed by atoms with Crippen LogP contribution in [0.1, 0.15) is 36.2 Å². The fourth-order valence-corrected chi connectivity index (χ4v) is 2.90. The Labute approximate surface area is 120 Å². The van der Waals surface area contributed by atoms with Gasteiger partial charge in [0.1, 0.15) is 5.82 Å². The zero-order chi connectivity index (χ0) is 14.2. The second kappa shape index (κ2) is 4.98. The molecule has 0 aliphatic heterocycles. The van der Waals surface area contributed by atoms with Crippen LogP contribution in [-0.2, 0) is 5.41 Å². The lowest BCUT2D eigenvalue weighted by atomic mass is 9.68. The van der Waals surface area contributed by atoms with Crippen molar-refractivity contribution in [2.24, 2.45) is 5.73 Å². The lowest BCUT2D eigenvalue weighted by molar-refractivity contribution is 0.238. The highest BCUT2D eigenvalue weighted by Crippen LogP contribution is 2.41. The minimum atomic E-state index is 0.0216. The molecule has 0 spiro atoms. The van der Waals surface area contributed by atoms with E-state index in [1.54, 1.807) is 0 Å². The van der Waals surface area contributed by atoms with Gasteiger partial charge in [0.2, 0.25) is 0 Å². The first kappa shape index (κ1) is 13.3. The van der Waals surface area contributed by atoms with Gasteiger partial charge in [0.25, 0.3) is 0 Å². The molecular weight excluding hydrogens is 246 g/mol. The third-order valence-electron chi connectivity index (χ3n) is 4.50. The molecule has 0 amide bonds. The van der Waals surface area contributed by atoms with E-state index in [4.69, 9.17) is 10.7 Å². The van der Waals surface area contributed by atoms with Crippen molar-refractivity contribution in [2.45, 2.75) is 38.5 Å². The number of nitrogens with zero attached hydrogens (tertiary/aromatic N) is 2. The monoisotopic (exact) mass is 267 g/mol. The fourth-order valence-electron chi connectivity index (χ4n) is 2.90. The van der Waals surface area contributed by atoms with Gasteiger partial charge in [-0.25, -0.2) is 9.97 Å². The topological polar surface area (TPSA) is 51.8 Å². The van der Waals surface area contributed by atoms with E-state index in [2.05, 4.69) is 37.0 Å². The van der Waals surface area contributed by atoms with E-state index in [0.717, 1.165) is 24.4 Å². The van der Waals surface area contributed by atoms with Crippen LogP contribution in [0.25, 0.3) is 11.3 Å². The van der Waals surface area contributed by atoms with Crippen LogP contribution in [0.3, 0.4) is 0 Å². The van der Waals surface area contributed by atoms with Crippen LogP contribution in [-0.4, -0.2) is 16.5 Å². The summed E-state index contributed by atoms with van der Waals surface area (Å²) in [6, 6.07) is 8.47. The summed E-state index contributed by atoms with van der Waals surface area (Å²) in [5, 5.41) is 0. The zero-order valence-corrected chi connectivity index (χ0v) is 12.2. The molecule has 1 aromatic heterocycles. The van der Waals surface area contributed by atoms with Gasteiger partial charge in [-0.3, -0.25) is 0 Å². The Morgan fingerprint density at radius 1 is 1.20 bits per heavy atom. The molecule has 0 unspecified atom stereocenters. The molecule has 1 fully saturated rings. The minimum absolute atomic E-state index is 0.0216. The van der Waals surface area contributed by atoms with E-state index in [-0.39, 0.29) is 5.41 Å². The normalized spacial score (nSPS) is 16.8. The number of aromatic nitrogens is 2. The third-order valence-corrected chi connectivity index (χ3v) is 4.50. The van der Waals surface area contributed by atoms with Crippen molar-refractivity contribution in [3.05, 3.63) is 47.4 Å². The first-order chi connectivity index (χ1) is 9.64. The number of hydrogen-bond donors (Lipinski definition) is 1. The van der Waals surface area contributed by atoms with Crippen molar-refractivity contribution in [3.8, 4) is 11.3 Å². The Bertz CT molecular complexity index is 624. The van der Waals surface area contributed by atoms with Crippen molar-refractivity contribution in [1.29, 1.82) is 0 Å². The highest BCUT2D eigenvalue weighted by atomic mass is 14.9. The molecule has 0 bridgehead atoms. The highest BCUT2D eigenvalue weighted by molar-refractivity contribution is 5.64. The molecule has 0 atom stereocenters. The summed E-state index contributed by atoms with van der Waals surface area (Å²) in [4.78, 5) is 9.31. The van der Waals surface area contributed by atoms with Gasteiger partial charge in [-0.1, -0.05) is 24.1 Å². The van der Waals surface area contributed by atoms with Crippen molar-refractivity contribution in [1.82, 2.24) is 9.97 Å². The number of benzene rings is 1. The molecule has 1 aliphatic carbocycles. The average Bonchev–Trinajstić information content (AvgIpc) is 2.41. The quantitative estimate of drug-likeness (QED) is 0.929. The summed E-state index contributed by atoms with van der Waals surface area (Å²) in [5.41, 5.74) is 10.7. The average molecular weight is 267 g/mol. The van der Waals surface area contributed by atoms with Gasteiger partial charge < -0.3 is 5.73 Å². The second-order valence-electron chi connectivity index (χ2n) is 5.92. The molecule has 3 rings (SSSR count). The lowest BCUT2D eigenvalue weighted by Gasteiger charge is -2.39. The van der Waals surface area contributed by atoms with Crippen LogP contribution in [0.4, 0.5) is 0 Å². The summed E-state index contributed by atoms with van der Waals surface area (Å²) in [7, 11) is 0. The Morgan fingerprint density at radius 2 is 2.00 bits per heavy atom. The van der Waals surface area contributed by atoms with Gasteiger partial charge in [0.05, 0.1) is 5.69 Å². The maximum absolute atomic E-state index is 5.96. The highest BCUT2D eigenvalue weighted by Gasteiger charge is 2.40. The molecule has 1 aromatic carbocycles. The molecule has 1 heterocycles. The van der Waals surface area contributed by atoms with Crippen molar-refractivity contribution < 1.29 is 0 Å². The molecule has 0 radical (unpaired) electrons. The number of nitrogens with two attached hydrogens (primary N) is 1. The van der Waals surface area contributed by atoms with Crippen LogP contribution in [0.5, 0.6) is 0 Å². The van der Waals surface area contributed by atoms with Crippen LogP contribution < -0.4 is 5.73 Å². The maximum atomic E-state index is 5.96. The standard InChI is InChI=1S/C17H21N3/c1-12-4-5-13(2)14(10-12)15-6-9-19-16(20-15)17(11-18)7-3-8-17/h4-6,9-10H,3,7-8,11,18H2,1-2H3. The molecule has 2 N–H and O–H groups in total. The molecule has 104 valence electrons. The van der Waals surface area contributed by atoms with E-state index in [1.165, 1.54) is 23.1 Å². The van der Waals surface area contributed by atoms with Crippen LogP contribution >= 0.6 is 0 Å². The summed E-state index contributed by atoms with van der Waals surface area (Å²) in [5.74, 6) is 0.921. The van der Waals surface area contributed by atoms with Gasteiger partial charge in [-0.15, -0.1) is 0 Å². The number of rotatable bonds is 3. The Morgan fingerprint density at radius 3 is 2.65 bits per heavy atom. The van der Waals surface area contributed by atoms with Gasteiger partial charge in [0.15, 0.2) is 0 Å². The SMILES string of the molecule is Cc1ccc(C)c(-c2ccnc(C3(CN)CCC3)n2)c1. The molecule has 1 saturated carbocycles. The molecule has 0 saturated heterocycles. The molecule has 1 aliphatic rings. The predicted molar refractivity (Wildman–Crippen MR) is 81.5 cm³/mol. The van der Waals surface area contributed by atoms with Crippen molar-refractivity contribution in [2.75, 3.05) is 6.54 Å². The predicted octanol–water partition coefficient (Wildman–Crippen LogP) is 3.14. The smallest absolute Gasteiger partial charge is 0.136 e. The van der Waals surface area contributed by atoms with Crippen LogP contribution in [0.2, 0.25) is 0 Å². The molecule has 20 heavy (non-hydrogen) atoms. The minimum Gasteiger partial charge on any atom is -0.329 e. The summed E-state index contributed by atoms with van der Waals surface area (Å²) < 4.78 is 0. The van der Waals surface area contributed by atoms with E-state index in [1.807, 2.05) is 12.3 Å². The van der Waals surface area contributed by atoms with Crippen molar-refractivity contribution in [3.63, 3.8) is 0 Å². The van der Waals surface area contributed by atoms with Gasteiger partial charge >= 0.3 is 0 Å². The molecule has 3 nitrogen and oxygen atoms in total. The van der Waals surface area contributed by atoms with E-state index >= 15 is 0 Å². The van der Waals surface area contributed by atoms with Gasteiger partial charge in [-0.05, 0) is 44.4 Å². The van der Waals surface area contributed by atoms with Gasteiger partial charge in [-0.2, -0.15) is 0 Å².